The van der Waals surface area contributed by atoms with E-state index in [0.29, 0.717) is 12.3 Å². The first-order valence-corrected chi connectivity index (χ1v) is 8.46. The van der Waals surface area contributed by atoms with E-state index in [9.17, 15) is 32.3 Å². The van der Waals surface area contributed by atoms with Gasteiger partial charge in [0.15, 0.2) is 0 Å². The fourth-order valence-electron chi connectivity index (χ4n) is 2.72. The number of nitrogens with one attached hydrogen (secondary N) is 1. The smallest absolute Gasteiger partial charge is 0.490 e. The van der Waals surface area contributed by atoms with E-state index >= 15 is 0 Å². The average molecular weight is 431 g/mol. The van der Waals surface area contributed by atoms with Crippen molar-refractivity contribution in [2.24, 2.45) is 5.73 Å². The lowest BCUT2D eigenvalue weighted by Gasteiger charge is -2.27. The van der Waals surface area contributed by atoms with Crippen LogP contribution in [0.2, 0.25) is 0 Å². The lowest BCUT2D eigenvalue weighted by atomic mass is 10.0. The lowest BCUT2D eigenvalue weighted by Crippen LogP contribution is -2.54. The number of alkyl halides is 3. The summed E-state index contributed by atoms with van der Waals surface area (Å²) in [4.78, 5) is 57.9. The first kappa shape index (κ1) is 22.8. The Labute approximate surface area is 166 Å². The molecule has 1 fully saturated rings. The van der Waals surface area contributed by atoms with Gasteiger partial charge in [0.2, 0.25) is 11.8 Å². The number of hydrogen-bond acceptors (Lipinski definition) is 7. The standard InChI is InChI=1S/C15H15N3O5.C2HF3O2/c16-5-6-23-8-1-2-9-10(7-8)15(22)18(14(9)21)11-3-4-12(19)17-13(11)20;3-2(4,5)1(6)7/h1-2,7,11H,3-6,16H2,(H,17,19,20);(H,6,7). The third-order valence-corrected chi connectivity index (χ3v) is 4.04. The number of nitrogens with zero attached hydrogens (tertiary/aromatic N) is 1. The van der Waals surface area contributed by atoms with Gasteiger partial charge in [0.25, 0.3) is 11.8 Å². The lowest BCUT2D eigenvalue weighted by molar-refractivity contribution is -0.192. The summed E-state index contributed by atoms with van der Waals surface area (Å²) in [6, 6.07) is 3.58. The van der Waals surface area contributed by atoms with Crippen molar-refractivity contribution in [3.63, 3.8) is 0 Å². The van der Waals surface area contributed by atoms with Crippen LogP contribution in [0.5, 0.6) is 5.75 Å². The summed E-state index contributed by atoms with van der Waals surface area (Å²) in [5.41, 5.74) is 5.77. The molecule has 2 aliphatic heterocycles. The molecule has 0 radical (unpaired) electrons. The van der Waals surface area contributed by atoms with E-state index in [1.165, 1.54) is 12.1 Å². The fourth-order valence-corrected chi connectivity index (χ4v) is 2.72. The van der Waals surface area contributed by atoms with Crippen LogP contribution in [0.1, 0.15) is 33.6 Å². The van der Waals surface area contributed by atoms with Crippen molar-refractivity contribution in [2.75, 3.05) is 13.2 Å². The first-order chi connectivity index (χ1) is 14.0. The van der Waals surface area contributed by atoms with Gasteiger partial charge >= 0.3 is 12.1 Å². The summed E-state index contributed by atoms with van der Waals surface area (Å²) in [5, 5.41) is 9.28. The molecule has 0 bridgehead atoms. The van der Waals surface area contributed by atoms with Gasteiger partial charge in [-0.05, 0) is 24.6 Å². The van der Waals surface area contributed by atoms with Crippen molar-refractivity contribution < 1.29 is 47.0 Å². The number of fused-ring (bicyclic) bond motifs is 1. The van der Waals surface area contributed by atoms with Gasteiger partial charge in [0.1, 0.15) is 18.4 Å². The summed E-state index contributed by atoms with van der Waals surface area (Å²) in [5.74, 6) is -4.45. The van der Waals surface area contributed by atoms with Crippen LogP contribution >= 0.6 is 0 Å². The third kappa shape index (κ3) is 4.92. The SMILES string of the molecule is NCCOc1ccc2c(c1)C(=O)N(C1CCC(=O)NC1=O)C2=O.O=C(O)C(F)(F)F. The van der Waals surface area contributed by atoms with Crippen molar-refractivity contribution in [3.8, 4) is 5.75 Å². The monoisotopic (exact) mass is 431 g/mol. The minimum absolute atomic E-state index is 0.0919. The molecule has 0 saturated carbocycles. The molecule has 30 heavy (non-hydrogen) atoms. The number of carboxylic acids is 1. The molecule has 1 atom stereocenters. The predicted molar refractivity (Wildman–Crippen MR) is 91.4 cm³/mol. The average Bonchev–Trinajstić information content (AvgIpc) is 2.90. The number of hydrogen-bond donors (Lipinski definition) is 3. The number of nitrogens with two attached hydrogens (primary N) is 1. The molecule has 2 heterocycles. The maximum absolute atomic E-state index is 12.5. The van der Waals surface area contributed by atoms with E-state index in [0.717, 1.165) is 4.90 Å². The Morgan fingerprint density at radius 1 is 1.20 bits per heavy atom. The van der Waals surface area contributed by atoms with Crippen LogP contribution in [0, 0.1) is 0 Å². The molecular weight excluding hydrogens is 415 g/mol. The van der Waals surface area contributed by atoms with Crippen LogP contribution in [-0.4, -0.2) is 65.0 Å². The summed E-state index contributed by atoms with van der Waals surface area (Å²) in [6.45, 7) is 0.615. The van der Waals surface area contributed by atoms with Crippen molar-refractivity contribution in [2.45, 2.75) is 25.1 Å². The number of piperidine rings is 1. The van der Waals surface area contributed by atoms with Gasteiger partial charge in [-0.1, -0.05) is 0 Å². The second-order valence-electron chi connectivity index (χ2n) is 6.09. The molecular formula is C17H16F3N3O7. The number of benzene rings is 1. The zero-order valence-electron chi connectivity index (χ0n) is 15.2. The van der Waals surface area contributed by atoms with Crippen LogP contribution in [0.4, 0.5) is 13.2 Å². The molecule has 0 aliphatic carbocycles. The molecule has 1 aromatic rings. The number of imide groups is 2. The highest BCUT2D eigenvalue weighted by Crippen LogP contribution is 2.30. The Bertz CT molecular complexity index is 901. The van der Waals surface area contributed by atoms with Gasteiger partial charge in [-0.25, -0.2) is 4.79 Å². The maximum atomic E-state index is 12.5. The topological polar surface area (TPSA) is 156 Å². The molecule has 0 aromatic heterocycles. The molecule has 3 rings (SSSR count). The van der Waals surface area contributed by atoms with Crippen molar-refractivity contribution in [1.82, 2.24) is 10.2 Å². The zero-order chi connectivity index (χ0) is 22.6. The van der Waals surface area contributed by atoms with Crippen LogP contribution < -0.4 is 15.8 Å². The zero-order valence-corrected chi connectivity index (χ0v) is 15.2. The molecule has 1 unspecified atom stereocenters. The van der Waals surface area contributed by atoms with Gasteiger partial charge in [-0.2, -0.15) is 13.2 Å². The summed E-state index contributed by atoms with van der Waals surface area (Å²) >= 11 is 0. The Hall–Kier alpha value is -3.48. The minimum Gasteiger partial charge on any atom is -0.492 e. The maximum Gasteiger partial charge on any atom is 0.490 e. The molecule has 4 amide bonds. The van der Waals surface area contributed by atoms with Crippen molar-refractivity contribution in [1.29, 1.82) is 0 Å². The summed E-state index contributed by atoms with van der Waals surface area (Å²) in [6.07, 6.45) is -4.86. The number of carboxylic acid groups (broad SMARTS) is 1. The van der Waals surface area contributed by atoms with E-state index in [1.807, 2.05) is 0 Å². The van der Waals surface area contributed by atoms with E-state index in [4.69, 9.17) is 20.4 Å². The third-order valence-electron chi connectivity index (χ3n) is 4.04. The van der Waals surface area contributed by atoms with Gasteiger partial charge in [-0.3, -0.25) is 29.4 Å². The van der Waals surface area contributed by atoms with Crippen LogP contribution in [0.3, 0.4) is 0 Å². The Kier molecular flexibility index (Phi) is 6.77. The molecule has 1 aromatic carbocycles. The molecule has 4 N–H and O–H groups in total. The number of halogens is 3. The number of rotatable bonds is 4. The van der Waals surface area contributed by atoms with Crippen LogP contribution in [0.15, 0.2) is 18.2 Å². The van der Waals surface area contributed by atoms with Crippen molar-refractivity contribution >= 4 is 29.6 Å². The summed E-state index contributed by atoms with van der Waals surface area (Å²) in [7, 11) is 0. The van der Waals surface area contributed by atoms with Gasteiger partial charge in [-0.15, -0.1) is 0 Å². The van der Waals surface area contributed by atoms with E-state index in [-0.39, 0.29) is 30.6 Å². The molecule has 13 heteroatoms. The fraction of sp³-hybridized carbons (Fsp3) is 0.353. The molecule has 162 valence electrons. The second-order valence-corrected chi connectivity index (χ2v) is 6.09. The molecule has 10 nitrogen and oxygen atoms in total. The second kappa shape index (κ2) is 8.90. The number of carbonyl (C=O) groups is 5. The molecule has 0 spiro atoms. The number of carbonyl (C=O) groups excluding carboxylic acids is 4. The van der Waals surface area contributed by atoms with Gasteiger partial charge in [0.05, 0.1) is 11.1 Å². The Balaban J connectivity index is 0.000000396. The Morgan fingerprint density at radius 2 is 1.80 bits per heavy atom. The Morgan fingerprint density at radius 3 is 2.33 bits per heavy atom. The number of amides is 4. The first-order valence-electron chi connectivity index (χ1n) is 8.46. The highest BCUT2D eigenvalue weighted by molar-refractivity contribution is 6.23. The van der Waals surface area contributed by atoms with E-state index < -0.39 is 41.8 Å². The van der Waals surface area contributed by atoms with E-state index in [2.05, 4.69) is 5.32 Å². The minimum atomic E-state index is -5.08. The highest BCUT2D eigenvalue weighted by Gasteiger charge is 2.44. The van der Waals surface area contributed by atoms with Crippen LogP contribution in [-0.2, 0) is 14.4 Å². The normalized spacial score (nSPS) is 18.4. The van der Waals surface area contributed by atoms with Gasteiger partial charge in [0, 0.05) is 13.0 Å². The molecule has 1 saturated heterocycles. The summed E-state index contributed by atoms with van der Waals surface area (Å²) < 4.78 is 37.1. The number of aliphatic carboxylic acids is 1. The van der Waals surface area contributed by atoms with E-state index in [1.54, 1.807) is 6.07 Å². The number of ether oxygens (including phenoxy) is 1. The highest BCUT2D eigenvalue weighted by atomic mass is 19.4. The largest absolute Gasteiger partial charge is 0.492 e. The molecule has 2 aliphatic rings. The predicted octanol–water partition coefficient (Wildman–Crippen LogP) is 0.0586. The van der Waals surface area contributed by atoms with Gasteiger partial charge < -0.3 is 15.6 Å². The van der Waals surface area contributed by atoms with Crippen LogP contribution in [0.25, 0.3) is 0 Å². The van der Waals surface area contributed by atoms with Crippen molar-refractivity contribution in [3.05, 3.63) is 29.3 Å². The quantitative estimate of drug-likeness (QED) is 0.565.